The molecule has 2 heterocycles. The number of rotatable bonds is 3. The van der Waals surface area contributed by atoms with Crippen molar-refractivity contribution in [2.45, 2.75) is 13.8 Å². The largest absolute Gasteiger partial charge is 0.322 e. The van der Waals surface area contributed by atoms with Crippen molar-refractivity contribution in [2.24, 2.45) is 0 Å². The van der Waals surface area contributed by atoms with Gasteiger partial charge in [-0.3, -0.25) is 4.79 Å². The maximum atomic E-state index is 12.6. The summed E-state index contributed by atoms with van der Waals surface area (Å²) in [4.78, 5) is 13.4. The number of fused-ring (bicyclic) bond motifs is 1. The topological polar surface area (TPSA) is 72.2 Å². The molecule has 1 amide bonds. The quantitative estimate of drug-likeness (QED) is 0.507. The number of hydrogen-bond acceptors (Lipinski definition) is 5. The Labute approximate surface area is 168 Å². The number of amides is 1. The summed E-state index contributed by atoms with van der Waals surface area (Å²) < 4.78 is 1.70. The lowest BCUT2D eigenvalue weighted by molar-refractivity contribution is 0.102. The van der Waals surface area contributed by atoms with Crippen molar-refractivity contribution in [1.29, 1.82) is 0 Å². The molecule has 2 aromatic heterocycles. The second-order valence-corrected chi connectivity index (χ2v) is 7.76. The molecule has 6 nitrogen and oxygen atoms in total. The van der Waals surface area contributed by atoms with Gasteiger partial charge in [-0.1, -0.05) is 46.7 Å². The smallest absolute Gasteiger partial charge is 0.257 e. The highest BCUT2D eigenvalue weighted by molar-refractivity contribution is 7.19. The number of aryl methyl sites for hydroxylation is 2. The Morgan fingerprint density at radius 1 is 1.11 bits per heavy atom. The Morgan fingerprint density at radius 2 is 1.93 bits per heavy atom. The minimum atomic E-state index is -0.322. The second-order valence-electron chi connectivity index (χ2n) is 5.96. The number of halogens is 2. The monoisotopic (exact) mass is 417 g/mol. The van der Waals surface area contributed by atoms with Gasteiger partial charge in [0, 0.05) is 16.3 Å². The number of carbonyl (C=O) groups excluding carboxylic acids is 1. The average Bonchev–Trinajstić information content (AvgIpc) is 3.21. The van der Waals surface area contributed by atoms with Crippen molar-refractivity contribution in [3.05, 3.63) is 63.4 Å². The third-order valence-corrected chi connectivity index (χ3v) is 5.57. The van der Waals surface area contributed by atoms with Crippen LogP contribution in [0.4, 0.5) is 5.69 Å². The molecule has 0 unspecified atom stereocenters. The van der Waals surface area contributed by atoms with Crippen LogP contribution in [0.3, 0.4) is 0 Å². The fraction of sp³-hybridized carbons (Fsp3) is 0.111. The number of hydrogen-bond donors (Lipinski definition) is 1. The molecule has 9 heteroatoms. The normalized spacial score (nSPS) is 11.1. The Bertz CT molecular complexity index is 1180. The van der Waals surface area contributed by atoms with E-state index in [-0.39, 0.29) is 5.91 Å². The van der Waals surface area contributed by atoms with Crippen LogP contribution in [0.15, 0.2) is 36.4 Å². The molecule has 0 fully saturated rings. The summed E-state index contributed by atoms with van der Waals surface area (Å²) in [7, 11) is 0. The van der Waals surface area contributed by atoms with Gasteiger partial charge in [0.1, 0.15) is 5.01 Å². The number of nitrogens with zero attached hydrogens (tertiary/aromatic N) is 4. The number of carbonyl (C=O) groups is 1. The first-order valence-corrected chi connectivity index (χ1v) is 9.56. The number of nitrogens with one attached hydrogen (secondary N) is 1. The van der Waals surface area contributed by atoms with Gasteiger partial charge in [-0.2, -0.15) is 9.61 Å². The van der Waals surface area contributed by atoms with E-state index in [1.54, 1.807) is 22.7 Å². The Hall–Kier alpha value is -2.48. The van der Waals surface area contributed by atoms with Crippen molar-refractivity contribution in [2.75, 3.05) is 5.32 Å². The van der Waals surface area contributed by atoms with Gasteiger partial charge in [0.2, 0.25) is 4.96 Å². The standard InChI is InChI=1S/C18H13Cl2N5OS/c1-9-3-4-11(17-24-25-10(2)22-23-18(25)27-17)7-15(9)21-16(26)13-8-12(19)5-6-14(13)20/h3-8H,1-2H3,(H,21,26). The molecule has 4 rings (SSSR count). The number of anilines is 1. The molecular weight excluding hydrogens is 405 g/mol. The minimum Gasteiger partial charge on any atom is -0.322 e. The highest BCUT2D eigenvalue weighted by Gasteiger charge is 2.15. The van der Waals surface area contributed by atoms with E-state index in [0.717, 1.165) is 26.9 Å². The summed E-state index contributed by atoms with van der Waals surface area (Å²) in [5, 5.41) is 17.1. The van der Waals surface area contributed by atoms with E-state index in [9.17, 15) is 4.79 Å². The minimum absolute atomic E-state index is 0.322. The molecule has 0 bridgehead atoms. The van der Waals surface area contributed by atoms with Crippen molar-refractivity contribution in [3.63, 3.8) is 0 Å². The van der Waals surface area contributed by atoms with E-state index < -0.39 is 0 Å². The van der Waals surface area contributed by atoms with Gasteiger partial charge in [0.05, 0.1) is 10.6 Å². The van der Waals surface area contributed by atoms with Gasteiger partial charge in [-0.05, 0) is 43.7 Å². The SMILES string of the molecule is Cc1ccc(-c2nn3c(C)nnc3s2)cc1NC(=O)c1cc(Cl)ccc1Cl. The first-order chi connectivity index (χ1) is 12.9. The molecule has 0 spiro atoms. The van der Waals surface area contributed by atoms with Crippen LogP contribution in [0.2, 0.25) is 10.0 Å². The fourth-order valence-electron chi connectivity index (χ4n) is 2.58. The summed E-state index contributed by atoms with van der Waals surface area (Å²) in [6.45, 7) is 3.76. The molecule has 0 radical (unpaired) electrons. The van der Waals surface area contributed by atoms with E-state index in [2.05, 4.69) is 20.6 Å². The highest BCUT2D eigenvalue weighted by Crippen LogP contribution is 2.30. The summed E-state index contributed by atoms with van der Waals surface area (Å²) >= 11 is 13.5. The van der Waals surface area contributed by atoms with Crippen LogP contribution in [0.25, 0.3) is 15.5 Å². The molecule has 0 atom stereocenters. The highest BCUT2D eigenvalue weighted by atomic mass is 35.5. The van der Waals surface area contributed by atoms with Gasteiger partial charge in [0.15, 0.2) is 5.82 Å². The lowest BCUT2D eigenvalue weighted by Crippen LogP contribution is -2.13. The molecule has 0 aliphatic heterocycles. The zero-order valence-corrected chi connectivity index (χ0v) is 16.7. The number of aromatic nitrogens is 4. The molecule has 4 aromatic rings. The molecule has 0 saturated carbocycles. The van der Waals surface area contributed by atoms with Crippen molar-refractivity contribution < 1.29 is 4.79 Å². The molecule has 136 valence electrons. The van der Waals surface area contributed by atoms with Gasteiger partial charge < -0.3 is 5.32 Å². The Kier molecular flexibility index (Phi) is 4.59. The second kappa shape index (κ2) is 6.92. The van der Waals surface area contributed by atoms with Crippen molar-refractivity contribution in [3.8, 4) is 10.6 Å². The van der Waals surface area contributed by atoms with Crippen LogP contribution in [-0.2, 0) is 0 Å². The third-order valence-electron chi connectivity index (χ3n) is 4.05. The van der Waals surface area contributed by atoms with E-state index in [4.69, 9.17) is 23.2 Å². The van der Waals surface area contributed by atoms with E-state index in [1.165, 1.54) is 11.3 Å². The lowest BCUT2D eigenvalue weighted by Gasteiger charge is -2.11. The first kappa shape index (κ1) is 17.9. The van der Waals surface area contributed by atoms with Crippen LogP contribution < -0.4 is 5.32 Å². The van der Waals surface area contributed by atoms with Crippen LogP contribution in [0, 0.1) is 13.8 Å². The molecule has 1 N–H and O–H groups in total. The molecular formula is C18H13Cl2N5OS. The summed E-state index contributed by atoms with van der Waals surface area (Å²) in [6.07, 6.45) is 0. The maximum Gasteiger partial charge on any atom is 0.257 e. The zero-order valence-electron chi connectivity index (χ0n) is 14.3. The Balaban J connectivity index is 1.68. The van der Waals surface area contributed by atoms with Gasteiger partial charge in [-0.15, -0.1) is 10.2 Å². The predicted molar refractivity (Wildman–Crippen MR) is 108 cm³/mol. The summed E-state index contributed by atoms with van der Waals surface area (Å²) in [5.74, 6) is 0.403. The maximum absolute atomic E-state index is 12.6. The van der Waals surface area contributed by atoms with Gasteiger partial charge >= 0.3 is 0 Å². The first-order valence-electron chi connectivity index (χ1n) is 7.98. The predicted octanol–water partition coefficient (Wildman–Crippen LogP) is 5.03. The van der Waals surface area contributed by atoms with Crippen LogP contribution in [-0.4, -0.2) is 25.7 Å². The van der Waals surface area contributed by atoms with E-state index >= 15 is 0 Å². The van der Waals surface area contributed by atoms with Gasteiger partial charge in [0.25, 0.3) is 5.91 Å². The molecule has 27 heavy (non-hydrogen) atoms. The zero-order chi connectivity index (χ0) is 19.1. The van der Waals surface area contributed by atoms with Crippen molar-refractivity contribution in [1.82, 2.24) is 19.8 Å². The average molecular weight is 418 g/mol. The molecule has 2 aromatic carbocycles. The lowest BCUT2D eigenvalue weighted by atomic mass is 10.1. The fourth-order valence-corrected chi connectivity index (χ4v) is 3.84. The molecule has 0 aliphatic rings. The molecule has 0 saturated heterocycles. The number of benzene rings is 2. The van der Waals surface area contributed by atoms with Crippen LogP contribution in [0.1, 0.15) is 21.7 Å². The summed E-state index contributed by atoms with van der Waals surface area (Å²) in [6, 6.07) is 10.6. The van der Waals surface area contributed by atoms with E-state index in [1.807, 2.05) is 32.0 Å². The van der Waals surface area contributed by atoms with Crippen molar-refractivity contribution >= 4 is 51.1 Å². The third kappa shape index (κ3) is 3.41. The van der Waals surface area contributed by atoms with E-state index in [0.29, 0.717) is 21.3 Å². The summed E-state index contributed by atoms with van der Waals surface area (Å²) in [5.41, 5.74) is 2.80. The van der Waals surface area contributed by atoms with Crippen LogP contribution >= 0.6 is 34.5 Å². The Morgan fingerprint density at radius 3 is 2.70 bits per heavy atom. The molecule has 0 aliphatic carbocycles. The van der Waals surface area contributed by atoms with Crippen LogP contribution in [0.5, 0.6) is 0 Å². The van der Waals surface area contributed by atoms with Gasteiger partial charge in [-0.25, -0.2) is 0 Å².